The number of likely N-dealkylation sites (N-methyl/N-ethyl adjacent to an activating group) is 1. The summed E-state index contributed by atoms with van der Waals surface area (Å²) in [5.41, 5.74) is 1.70. The number of nitrogens with one attached hydrogen (secondary N) is 1. The van der Waals surface area contributed by atoms with Gasteiger partial charge in [0.1, 0.15) is 12.6 Å². The molecule has 0 spiro atoms. The zero-order valence-corrected chi connectivity index (χ0v) is 23.3. The van der Waals surface area contributed by atoms with E-state index in [2.05, 4.69) is 21.2 Å². The minimum Gasteiger partial charge on any atom is -0.357 e. The molecule has 0 heterocycles. The monoisotopic (exact) mass is 591 g/mol. The maximum Gasteiger partial charge on any atom is 0.264 e. The van der Waals surface area contributed by atoms with E-state index in [1.165, 1.54) is 24.1 Å². The average molecular weight is 593 g/mol. The predicted molar refractivity (Wildman–Crippen MR) is 145 cm³/mol. The summed E-state index contributed by atoms with van der Waals surface area (Å²) in [6, 6.07) is 19.2. The largest absolute Gasteiger partial charge is 0.357 e. The number of rotatable bonds is 9. The number of sulfonamides is 1. The highest BCUT2D eigenvalue weighted by Gasteiger charge is 2.32. The van der Waals surface area contributed by atoms with Gasteiger partial charge in [0.05, 0.1) is 10.6 Å². The molecule has 1 N–H and O–H groups in total. The first-order valence-corrected chi connectivity index (χ1v) is 13.7. The summed E-state index contributed by atoms with van der Waals surface area (Å²) in [7, 11) is -2.62. The molecule has 0 fully saturated rings. The fourth-order valence-electron chi connectivity index (χ4n) is 3.76. The van der Waals surface area contributed by atoms with Crippen molar-refractivity contribution in [2.45, 2.75) is 31.3 Å². The Balaban J connectivity index is 2.06. The van der Waals surface area contributed by atoms with E-state index in [1.54, 1.807) is 50.2 Å². The Kier molecular flexibility index (Phi) is 9.16. The lowest BCUT2D eigenvalue weighted by Crippen LogP contribution is -2.50. The van der Waals surface area contributed by atoms with Crippen molar-refractivity contribution in [3.8, 4) is 0 Å². The average Bonchev–Trinajstić information content (AvgIpc) is 2.85. The van der Waals surface area contributed by atoms with Crippen LogP contribution in [0.25, 0.3) is 0 Å². The standard InChI is InChI=1S/C26H27BrClN3O4S/c1-18-14-22(28)12-13-24(18)31(36(34,35)23-10-5-4-6-11-23)17-25(32)30(19(2)26(33)29-3)16-20-8-7-9-21(27)15-20/h4-15,19H,16-17H2,1-3H3,(H,29,33). The van der Waals surface area contributed by atoms with Crippen LogP contribution in [0.3, 0.4) is 0 Å². The minimum atomic E-state index is -4.11. The lowest BCUT2D eigenvalue weighted by atomic mass is 10.1. The van der Waals surface area contributed by atoms with E-state index < -0.39 is 28.5 Å². The van der Waals surface area contributed by atoms with Gasteiger partial charge in [0.15, 0.2) is 0 Å². The molecular weight excluding hydrogens is 566 g/mol. The van der Waals surface area contributed by atoms with E-state index in [1.807, 2.05) is 24.3 Å². The Labute approximate surface area is 225 Å². The van der Waals surface area contributed by atoms with Gasteiger partial charge in [0.2, 0.25) is 11.8 Å². The highest BCUT2D eigenvalue weighted by molar-refractivity contribution is 9.10. The second kappa shape index (κ2) is 11.9. The quantitative estimate of drug-likeness (QED) is 0.388. The van der Waals surface area contributed by atoms with Crippen LogP contribution in [0.2, 0.25) is 5.02 Å². The Morgan fingerprint density at radius 2 is 1.72 bits per heavy atom. The van der Waals surface area contributed by atoms with E-state index >= 15 is 0 Å². The number of nitrogens with zero attached hydrogens (tertiary/aromatic N) is 2. The molecule has 0 radical (unpaired) electrons. The molecule has 3 aromatic carbocycles. The number of aryl methyl sites for hydroxylation is 1. The van der Waals surface area contributed by atoms with Crippen molar-refractivity contribution in [3.63, 3.8) is 0 Å². The first-order valence-electron chi connectivity index (χ1n) is 11.1. The van der Waals surface area contributed by atoms with Crippen LogP contribution >= 0.6 is 27.5 Å². The van der Waals surface area contributed by atoms with Crippen molar-refractivity contribution in [1.82, 2.24) is 10.2 Å². The first-order chi connectivity index (χ1) is 17.0. The van der Waals surface area contributed by atoms with Crippen molar-refractivity contribution >= 4 is 55.1 Å². The minimum absolute atomic E-state index is 0.0463. The van der Waals surface area contributed by atoms with E-state index in [-0.39, 0.29) is 17.3 Å². The van der Waals surface area contributed by atoms with Gasteiger partial charge in [-0.2, -0.15) is 0 Å². The highest BCUT2D eigenvalue weighted by atomic mass is 79.9. The molecule has 0 saturated carbocycles. The van der Waals surface area contributed by atoms with Crippen LogP contribution in [0, 0.1) is 6.92 Å². The molecule has 0 aromatic heterocycles. The number of hydrogen-bond acceptors (Lipinski definition) is 4. The number of carbonyl (C=O) groups is 2. The molecule has 3 aromatic rings. The van der Waals surface area contributed by atoms with Crippen LogP contribution in [0.5, 0.6) is 0 Å². The van der Waals surface area contributed by atoms with Crippen molar-refractivity contribution < 1.29 is 18.0 Å². The van der Waals surface area contributed by atoms with E-state index in [0.29, 0.717) is 16.3 Å². The molecule has 36 heavy (non-hydrogen) atoms. The third-order valence-electron chi connectivity index (χ3n) is 5.69. The number of hydrogen-bond donors (Lipinski definition) is 1. The normalized spacial score (nSPS) is 12.0. The van der Waals surface area contributed by atoms with Gasteiger partial charge in [-0.15, -0.1) is 0 Å². The summed E-state index contributed by atoms with van der Waals surface area (Å²) in [6.45, 7) is 2.95. The summed E-state index contributed by atoms with van der Waals surface area (Å²) >= 11 is 9.54. The SMILES string of the molecule is CNC(=O)C(C)N(Cc1cccc(Br)c1)C(=O)CN(c1ccc(Cl)cc1C)S(=O)(=O)c1ccccc1. The van der Waals surface area contributed by atoms with Gasteiger partial charge in [0.25, 0.3) is 10.0 Å². The number of anilines is 1. The maximum absolute atomic E-state index is 13.7. The summed E-state index contributed by atoms with van der Waals surface area (Å²) in [5, 5.41) is 3.01. The number of amides is 2. The van der Waals surface area contributed by atoms with Crippen LogP contribution in [0.4, 0.5) is 5.69 Å². The number of carbonyl (C=O) groups excluding carboxylic acids is 2. The van der Waals surface area contributed by atoms with E-state index in [0.717, 1.165) is 14.3 Å². The third-order valence-corrected chi connectivity index (χ3v) is 8.20. The first kappa shape index (κ1) is 27.7. The predicted octanol–water partition coefficient (Wildman–Crippen LogP) is 4.77. The molecule has 1 atom stereocenters. The van der Waals surface area contributed by atoms with Crippen LogP contribution in [-0.4, -0.2) is 44.8 Å². The molecule has 10 heteroatoms. The smallest absolute Gasteiger partial charge is 0.264 e. The van der Waals surface area contributed by atoms with Crippen LogP contribution in [0.15, 0.2) is 82.2 Å². The molecule has 190 valence electrons. The van der Waals surface area contributed by atoms with Crippen LogP contribution < -0.4 is 9.62 Å². The van der Waals surface area contributed by atoms with Gasteiger partial charge in [-0.1, -0.05) is 57.9 Å². The summed E-state index contributed by atoms with van der Waals surface area (Å²) < 4.78 is 29.3. The number of benzene rings is 3. The Hall–Kier alpha value is -2.88. The summed E-state index contributed by atoms with van der Waals surface area (Å²) in [4.78, 5) is 27.7. The van der Waals surface area contributed by atoms with Gasteiger partial charge in [0, 0.05) is 23.1 Å². The van der Waals surface area contributed by atoms with E-state index in [9.17, 15) is 18.0 Å². The van der Waals surface area contributed by atoms with Gasteiger partial charge in [-0.3, -0.25) is 13.9 Å². The molecule has 0 aliphatic rings. The zero-order chi connectivity index (χ0) is 26.5. The molecule has 0 bridgehead atoms. The van der Waals surface area contributed by atoms with Crippen molar-refractivity contribution in [3.05, 3.63) is 93.4 Å². The zero-order valence-electron chi connectivity index (χ0n) is 20.1. The van der Waals surface area contributed by atoms with Gasteiger partial charge < -0.3 is 10.2 Å². The summed E-state index contributed by atoms with van der Waals surface area (Å²) in [6.07, 6.45) is 0. The second-order valence-electron chi connectivity index (χ2n) is 8.20. The number of halogens is 2. The molecule has 2 amide bonds. The van der Waals surface area contributed by atoms with Crippen molar-refractivity contribution in [2.75, 3.05) is 17.9 Å². The lowest BCUT2D eigenvalue weighted by Gasteiger charge is -2.32. The van der Waals surface area contributed by atoms with Crippen molar-refractivity contribution in [1.29, 1.82) is 0 Å². The molecule has 0 saturated heterocycles. The molecule has 1 unspecified atom stereocenters. The fraction of sp³-hybridized carbons (Fsp3) is 0.231. The molecule has 7 nitrogen and oxygen atoms in total. The highest BCUT2D eigenvalue weighted by Crippen LogP contribution is 2.29. The molecular formula is C26H27BrClN3O4S. The Morgan fingerprint density at radius 3 is 2.33 bits per heavy atom. The Morgan fingerprint density at radius 1 is 1.03 bits per heavy atom. The Bertz CT molecular complexity index is 1350. The topological polar surface area (TPSA) is 86.8 Å². The van der Waals surface area contributed by atoms with Crippen LogP contribution in [0.1, 0.15) is 18.1 Å². The molecule has 0 aliphatic carbocycles. The van der Waals surface area contributed by atoms with Gasteiger partial charge in [-0.25, -0.2) is 8.42 Å². The fourth-order valence-corrected chi connectivity index (χ4v) is 5.93. The second-order valence-corrected chi connectivity index (χ2v) is 11.4. The van der Waals surface area contributed by atoms with Crippen LogP contribution in [-0.2, 0) is 26.2 Å². The van der Waals surface area contributed by atoms with Gasteiger partial charge in [-0.05, 0) is 67.4 Å². The molecule has 0 aliphatic heterocycles. The van der Waals surface area contributed by atoms with E-state index in [4.69, 9.17) is 11.6 Å². The third kappa shape index (κ3) is 6.46. The lowest BCUT2D eigenvalue weighted by molar-refractivity contribution is -0.139. The van der Waals surface area contributed by atoms with Crippen molar-refractivity contribution in [2.24, 2.45) is 0 Å². The summed E-state index contributed by atoms with van der Waals surface area (Å²) in [5.74, 6) is -0.890. The molecule has 3 rings (SSSR count). The van der Waals surface area contributed by atoms with Gasteiger partial charge >= 0.3 is 0 Å². The maximum atomic E-state index is 13.7.